The molecule has 25 heavy (non-hydrogen) atoms. The number of para-hydroxylation sites is 1. The monoisotopic (exact) mass is 398 g/mol. The number of rotatable bonds is 2. The molecular formula is C17H15BrN6O. The zero-order valence-electron chi connectivity index (χ0n) is 13.1. The van der Waals surface area contributed by atoms with E-state index in [9.17, 15) is 4.79 Å². The first kappa shape index (κ1) is 15.6. The second kappa shape index (κ2) is 5.89. The van der Waals surface area contributed by atoms with E-state index in [0.717, 1.165) is 15.7 Å². The van der Waals surface area contributed by atoms with Gasteiger partial charge in [0.25, 0.3) is 5.91 Å². The van der Waals surface area contributed by atoms with E-state index in [2.05, 4.69) is 42.3 Å². The second-order valence-corrected chi connectivity index (χ2v) is 6.79. The van der Waals surface area contributed by atoms with Crippen LogP contribution < -0.4 is 21.9 Å². The van der Waals surface area contributed by atoms with Crippen LogP contribution in [0, 0.1) is 0 Å². The Labute approximate surface area is 152 Å². The lowest BCUT2D eigenvalue weighted by Crippen LogP contribution is -2.65. The van der Waals surface area contributed by atoms with Crippen molar-refractivity contribution in [2.75, 3.05) is 5.73 Å². The molecule has 5 N–H and O–H groups in total. The third-order valence-corrected chi connectivity index (χ3v) is 4.66. The smallest absolute Gasteiger partial charge is 0.275 e. The molecular weight excluding hydrogens is 384 g/mol. The van der Waals surface area contributed by atoms with Crippen molar-refractivity contribution < 1.29 is 4.79 Å². The lowest BCUT2D eigenvalue weighted by atomic mass is 9.98. The van der Waals surface area contributed by atoms with Crippen molar-refractivity contribution in [2.45, 2.75) is 12.1 Å². The Hall–Kier alpha value is -2.87. The molecule has 0 aliphatic carbocycles. The minimum Gasteiger partial charge on any atom is -0.398 e. The summed E-state index contributed by atoms with van der Waals surface area (Å²) in [6.45, 7) is 0. The topological polar surface area (TPSA) is 104 Å². The number of hydrogen-bond acceptors (Lipinski definition) is 6. The summed E-state index contributed by atoms with van der Waals surface area (Å²) in [5.74, 6) is 0.140. The quantitative estimate of drug-likeness (QED) is 0.575. The highest BCUT2D eigenvalue weighted by molar-refractivity contribution is 9.10. The Kier molecular flexibility index (Phi) is 3.69. The summed E-state index contributed by atoms with van der Waals surface area (Å²) in [7, 11) is 0. The van der Waals surface area contributed by atoms with Crippen LogP contribution in [0.25, 0.3) is 0 Å². The van der Waals surface area contributed by atoms with Crippen molar-refractivity contribution >= 4 is 39.1 Å². The number of benzene rings is 2. The average Bonchev–Trinajstić information content (AvgIpc) is 3.04. The number of carbonyl (C=O) groups is 1. The first-order chi connectivity index (χ1) is 12.1. The summed E-state index contributed by atoms with van der Waals surface area (Å²) in [6.07, 6.45) is 0.371. The van der Waals surface area contributed by atoms with Crippen LogP contribution in [0.3, 0.4) is 0 Å². The molecule has 2 aliphatic rings. The van der Waals surface area contributed by atoms with Crippen molar-refractivity contribution in [1.82, 2.24) is 16.2 Å². The van der Waals surface area contributed by atoms with Gasteiger partial charge in [-0.1, -0.05) is 40.2 Å². The van der Waals surface area contributed by atoms with Gasteiger partial charge < -0.3 is 11.1 Å². The van der Waals surface area contributed by atoms with Crippen molar-refractivity contribution in [1.29, 1.82) is 0 Å². The summed E-state index contributed by atoms with van der Waals surface area (Å²) in [6, 6.07) is 15.0. The van der Waals surface area contributed by atoms with E-state index in [1.807, 2.05) is 36.4 Å². The van der Waals surface area contributed by atoms with Gasteiger partial charge in [-0.25, -0.2) is 0 Å². The van der Waals surface area contributed by atoms with E-state index in [0.29, 0.717) is 23.5 Å². The highest BCUT2D eigenvalue weighted by Gasteiger charge is 2.46. The van der Waals surface area contributed by atoms with E-state index in [1.54, 1.807) is 12.1 Å². The number of hydrogen-bond donors (Lipinski definition) is 4. The fourth-order valence-electron chi connectivity index (χ4n) is 2.81. The lowest BCUT2D eigenvalue weighted by molar-refractivity contribution is -0.127. The van der Waals surface area contributed by atoms with Gasteiger partial charge in [0.2, 0.25) is 5.66 Å². The molecule has 2 heterocycles. The minimum absolute atomic E-state index is 0.255. The number of anilines is 1. The van der Waals surface area contributed by atoms with Gasteiger partial charge in [-0.2, -0.15) is 10.2 Å². The number of amides is 1. The predicted octanol–water partition coefficient (Wildman–Crippen LogP) is 1.51. The van der Waals surface area contributed by atoms with E-state index < -0.39 is 5.66 Å². The number of nitrogens with zero attached hydrogens (tertiary/aromatic N) is 2. The van der Waals surface area contributed by atoms with E-state index in [-0.39, 0.29) is 5.91 Å². The molecule has 2 aromatic rings. The Morgan fingerprint density at radius 3 is 2.64 bits per heavy atom. The fourth-order valence-corrected chi connectivity index (χ4v) is 3.21. The molecule has 7 nitrogen and oxygen atoms in total. The van der Waals surface area contributed by atoms with Gasteiger partial charge in [-0.05, 0) is 29.8 Å². The SMILES string of the molecule is Nc1ccccc1C1=NN[C@]2(CC(c3cccc(Br)c3)=NN2)C(=O)N1. The molecule has 1 spiro atoms. The number of nitrogen functional groups attached to an aromatic ring is 1. The molecule has 0 saturated heterocycles. The maximum Gasteiger partial charge on any atom is 0.275 e. The van der Waals surface area contributed by atoms with Crippen LogP contribution in [-0.4, -0.2) is 23.1 Å². The van der Waals surface area contributed by atoms with Gasteiger partial charge in [0, 0.05) is 22.1 Å². The van der Waals surface area contributed by atoms with Crippen molar-refractivity contribution in [3.63, 3.8) is 0 Å². The Balaban J connectivity index is 1.58. The van der Waals surface area contributed by atoms with Gasteiger partial charge in [0.1, 0.15) is 0 Å². The van der Waals surface area contributed by atoms with E-state index in [4.69, 9.17) is 5.73 Å². The number of amidine groups is 1. The summed E-state index contributed by atoms with van der Waals surface area (Å²) in [5.41, 5.74) is 13.6. The maximum absolute atomic E-state index is 12.7. The first-order valence-corrected chi connectivity index (χ1v) is 8.48. The molecule has 2 aromatic carbocycles. The fraction of sp³-hybridized carbons (Fsp3) is 0.118. The lowest BCUT2D eigenvalue weighted by Gasteiger charge is -2.31. The molecule has 126 valence electrons. The van der Waals surface area contributed by atoms with Crippen LogP contribution in [0.5, 0.6) is 0 Å². The van der Waals surface area contributed by atoms with Crippen LogP contribution in [0.15, 0.2) is 63.2 Å². The molecule has 0 aromatic heterocycles. The zero-order valence-corrected chi connectivity index (χ0v) is 14.7. The molecule has 2 aliphatic heterocycles. The highest BCUT2D eigenvalue weighted by Crippen LogP contribution is 2.24. The molecule has 0 fully saturated rings. The normalized spacial score (nSPS) is 21.9. The van der Waals surface area contributed by atoms with Gasteiger partial charge in [0.05, 0.1) is 5.71 Å². The van der Waals surface area contributed by atoms with E-state index in [1.165, 1.54) is 0 Å². The third-order valence-electron chi connectivity index (χ3n) is 4.17. The largest absolute Gasteiger partial charge is 0.398 e. The third kappa shape index (κ3) is 2.74. The number of nitrogens with one attached hydrogen (secondary N) is 3. The standard InChI is InChI=1S/C17H15BrN6O/c18-11-5-3-4-10(8-11)14-9-17(23-21-14)16(25)20-15(22-24-17)12-6-1-2-7-13(12)19/h1-8,23-24H,9,19H2,(H,20,22,25)/t17-/m1/s1. The van der Waals surface area contributed by atoms with Gasteiger partial charge in [0.15, 0.2) is 5.84 Å². The highest BCUT2D eigenvalue weighted by atomic mass is 79.9. The minimum atomic E-state index is -1.09. The number of halogens is 1. The Morgan fingerprint density at radius 2 is 1.88 bits per heavy atom. The van der Waals surface area contributed by atoms with Crippen LogP contribution in [-0.2, 0) is 4.79 Å². The van der Waals surface area contributed by atoms with Crippen molar-refractivity contribution in [3.05, 3.63) is 64.1 Å². The number of hydrazone groups is 2. The van der Waals surface area contributed by atoms with Crippen molar-refractivity contribution in [2.24, 2.45) is 10.2 Å². The average molecular weight is 399 g/mol. The molecule has 8 heteroatoms. The van der Waals surface area contributed by atoms with Gasteiger partial charge >= 0.3 is 0 Å². The maximum atomic E-state index is 12.7. The van der Waals surface area contributed by atoms with Gasteiger partial charge in [-0.3, -0.25) is 15.6 Å². The summed E-state index contributed by atoms with van der Waals surface area (Å²) in [4.78, 5) is 12.7. The van der Waals surface area contributed by atoms with Gasteiger partial charge in [-0.15, -0.1) is 0 Å². The second-order valence-electron chi connectivity index (χ2n) is 5.88. The molecule has 1 atom stereocenters. The number of carbonyl (C=O) groups excluding carboxylic acids is 1. The molecule has 4 rings (SSSR count). The Bertz CT molecular complexity index is 925. The molecule has 0 radical (unpaired) electrons. The van der Waals surface area contributed by atoms with Crippen LogP contribution in [0.1, 0.15) is 17.5 Å². The van der Waals surface area contributed by atoms with Crippen LogP contribution >= 0.6 is 15.9 Å². The summed E-state index contributed by atoms with van der Waals surface area (Å²) < 4.78 is 0.953. The summed E-state index contributed by atoms with van der Waals surface area (Å²) in [5, 5.41) is 11.4. The van der Waals surface area contributed by atoms with Crippen LogP contribution in [0.4, 0.5) is 5.69 Å². The van der Waals surface area contributed by atoms with E-state index >= 15 is 0 Å². The molecule has 0 unspecified atom stereocenters. The molecule has 0 bridgehead atoms. The molecule has 0 saturated carbocycles. The van der Waals surface area contributed by atoms with Crippen molar-refractivity contribution in [3.8, 4) is 0 Å². The molecule has 1 amide bonds. The Morgan fingerprint density at radius 1 is 1.08 bits per heavy atom. The summed E-state index contributed by atoms with van der Waals surface area (Å²) >= 11 is 3.45. The first-order valence-electron chi connectivity index (χ1n) is 7.68. The number of nitrogens with two attached hydrogens (primary N) is 1. The zero-order chi connectivity index (χ0) is 17.4. The predicted molar refractivity (Wildman–Crippen MR) is 99.8 cm³/mol. The van der Waals surface area contributed by atoms with Crippen LogP contribution in [0.2, 0.25) is 0 Å².